The molecule has 0 radical (unpaired) electrons. The molecule has 0 aromatic heterocycles. The number of benzene rings is 1. The molecule has 110 valence electrons. The van der Waals surface area contributed by atoms with Crippen LogP contribution >= 0.6 is 11.6 Å². The summed E-state index contributed by atoms with van der Waals surface area (Å²) in [4.78, 5) is 14.2. The normalized spacial score (nSPS) is 18.8. The molecule has 0 saturated heterocycles. The summed E-state index contributed by atoms with van der Waals surface area (Å²) in [5.41, 5.74) is 0.656. The molecule has 0 spiro atoms. The maximum atomic E-state index is 12.5. The second-order valence-electron chi connectivity index (χ2n) is 6.47. The number of carbonyl (C=O) groups is 1. The van der Waals surface area contributed by atoms with Crippen molar-refractivity contribution in [2.45, 2.75) is 45.6 Å². The highest BCUT2D eigenvalue weighted by Crippen LogP contribution is 2.37. The topological polar surface area (TPSA) is 40.5 Å². The number of carbonyl (C=O) groups excluding carboxylic acids is 1. The molecule has 1 amide bonds. The average molecular weight is 296 g/mol. The Kier molecular flexibility index (Phi) is 4.28. The van der Waals surface area contributed by atoms with Gasteiger partial charge in [-0.25, -0.2) is 0 Å². The lowest BCUT2D eigenvalue weighted by Gasteiger charge is -2.38. The molecule has 0 bridgehead atoms. The first-order valence-corrected chi connectivity index (χ1v) is 7.44. The molecular formula is C16H22ClNO2. The molecule has 0 aliphatic heterocycles. The van der Waals surface area contributed by atoms with Gasteiger partial charge in [-0.3, -0.25) is 4.79 Å². The number of nitrogens with zero attached hydrogens (tertiary/aromatic N) is 1. The van der Waals surface area contributed by atoms with Crippen molar-refractivity contribution in [3.63, 3.8) is 0 Å². The fraction of sp³-hybridized carbons (Fsp3) is 0.562. The van der Waals surface area contributed by atoms with Crippen molar-refractivity contribution in [1.29, 1.82) is 0 Å². The maximum absolute atomic E-state index is 12.5. The van der Waals surface area contributed by atoms with E-state index in [1.165, 1.54) is 12.1 Å². The minimum absolute atomic E-state index is 0.0117. The fourth-order valence-corrected chi connectivity index (χ4v) is 2.98. The van der Waals surface area contributed by atoms with Gasteiger partial charge in [-0.15, -0.1) is 0 Å². The lowest BCUT2D eigenvalue weighted by Crippen LogP contribution is -2.40. The van der Waals surface area contributed by atoms with Crippen LogP contribution in [0.25, 0.3) is 0 Å². The zero-order valence-electron chi connectivity index (χ0n) is 12.3. The molecule has 0 unspecified atom stereocenters. The minimum Gasteiger partial charge on any atom is -0.507 e. The van der Waals surface area contributed by atoms with E-state index in [0.29, 0.717) is 10.4 Å². The second-order valence-corrected chi connectivity index (χ2v) is 6.91. The first kappa shape index (κ1) is 15.2. The third-order valence-corrected chi connectivity index (χ3v) is 4.60. The van der Waals surface area contributed by atoms with Crippen molar-refractivity contribution in [3.8, 4) is 5.75 Å². The Hall–Kier alpha value is -1.22. The molecule has 0 atom stereocenters. The summed E-state index contributed by atoms with van der Waals surface area (Å²) < 4.78 is 0. The Bertz CT molecular complexity index is 503. The quantitative estimate of drug-likeness (QED) is 0.893. The van der Waals surface area contributed by atoms with Crippen molar-refractivity contribution in [2.75, 3.05) is 7.05 Å². The predicted molar refractivity (Wildman–Crippen MR) is 81.2 cm³/mol. The number of amides is 1. The van der Waals surface area contributed by atoms with Gasteiger partial charge in [0.1, 0.15) is 5.75 Å². The van der Waals surface area contributed by atoms with Crippen molar-refractivity contribution >= 4 is 17.5 Å². The van der Waals surface area contributed by atoms with Crippen molar-refractivity contribution in [2.24, 2.45) is 5.41 Å². The molecule has 1 aromatic rings. The number of rotatable bonds is 2. The van der Waals surface area contributed by atoms with Crippen LogP contribution in [0.1, 0.15) is 49.9 Å². The van der Waals surface area contributed by atoms with Gasteiger partial charge in [0.2, 0.25) is 0 Å². The predicted octanol–water partition coefficient (Wildman–Crippen LogP) is 4.09. The number of hydrogen-bond acceptors (Lipinski definition) is 2. The van der Waals surface area contributed by atoms with E-state index in [4.69, 9.17) is 11.6 Å². The molecule has 1 saturated carbocycles. The van der Waals surface area contributed by atoms with Crippen molar-refractivity contribution in [3.05, 3.63) is 28.8 Å². The second kappa shape index (κ2) is 5.65. The molecule has 1 aromatic carbocycles. The molecule has 4 heteroatoms. The Morgan fingerprint density at radius 2 is 1.95 bits per heavy atom. The van der Waals surface area contributed by atoms with E-state index in [-0.39, 0.29) is 23.3 Å². The van der Waals surface area contributed by atoms with Crippen LogP contribution in [0, 0.1) is 5.41 Å². The molecule has 1 aliphatic rings. The molecular weight excluding hydrogens is 274 g/mol. The van der Waals surface area contributed by atoms with E-state index >= 15 is 0 Å². The zero-order valence-corrected chi connectivity index (χ0v) is 13.1. The van der Waals surface area contributed by atoms with Crippen LogP contribution in [0.4, 0.5) is 0 Å². The van der Waals surface area contributed by atoms with E-state index in [2.05, 4.69) is 13.8 Å². The number of phenols is 1. The maximum Gasteiger partial charge on any atom is 0.257 e. The molecule has 1 fully saturated rings. The Morgan fingerprint density at radius 3 is 2.55 bits per heavy atom. The number of aromatic hydroxyl groups is 1. The van der Waals surface area contributed by atoms with Gasteiger partial charge in [-0.1, -0.05) is 25.4 Å². The first-order chi connectivity index (χ1) is 9.30. The van der Waals surface area contributed by atoms with Crippen molar-refractivity contribution in [1.82, 2.24) is 4.90 Å². The summed E-state index contributed by atoms with van der Waals surface area (Å²) in [6, 6.07) is 4.82. The number of hydrogen-bond donors (Lipinski definition) is 1. The van der Waals surface area contributed by atoms with E-state index in [0.717, 1.165) is 25.7 Å². The molecule has 2 rings (SSSR count). The highest BCUT2D eigenvalue weighted by atomic mass is 35.5. The first-order valence-electron chi connectivity index (χ1n) is 7.06. The zero-order chi connectivity index (χ0) is 14.9. The van der Waals surface area contributed by atoms with E-state index in [1.807, 2.05) is 7.05 Å². The monoisotopic (exact) mass is 295 g/mol. The van der Waals surface area contributed by atoms with E-state index in [1.54, 1.807) is 11.0 Å². The van der Waals surface area contributed by atoms with Crippen molar-refractivity contribution < 1.29 is 9.90 Å². The minimum atomic E-state index is -0.158. The van der Waals surface area contributed by atoms with Gasteiger partial charge in [-0.05, 0) is 49.3 Å². The lowest BCUT2D eigenvalue weighted by molar-refractivity contribution is 0.0632. The third-order valence-electron chi connectivity index (χ3n) is 4.37. The Labute approximate surface area is 125 Å². The van der Waals surface area contributed by atoms with Gasteiger partial charge in [-0.2, -0.15) is 0 Å². The summed E-state index contributed by atoms with van der Waals surface area (Å²) in [6.45, 7) is 4.54. The fourth-order valence-electron chi connectivity index (χ4n) is 2.81. The van der Waals surface area contributed by atoms with Gasteiger partial charge in [0.15, 0.2) is 0 Å². The van der Waals surface area contributed by atoms with Gasteiger partial charge in [0.25, 0.3) is 5.91 Å². The van der Waals surface area contributed by atoms with Crippen LogP contribution in [0.2, 0.25) is 5.02 Å². The number of phenolic OH excluding ortho intramolecular Hbond substituents is 1. The van der Waals surface area contributed by atoms with Crippen LogP contribution in [-0.2, 0) is 0 Å². The highest BCUT2D eigenvalue weighted by molar-refractivity contribution is 6.31. The van der Waals surface area contributed by atoms with Gasteiger partial charge in [0.05, 0.1) is 5.56 Å². The molecule has 1 aliphatic carbocycles. The lowest BCUT2D eigenvalue weighted by atomic mass is 9.75. The van der Waals surface area contributed by atoms with Crippen LogP contribution in [0.15, 0.2) is 18.2 Å². The van der Waals surface area contributed by atoms with Gasteiger partial charge >= 0.3 is 0 Å². The largest absolute Gasteiger partial charge is 0.507 e. The molecule has 3 nitrogen and oxygen atoms in total. The molecule has 20 heavy (non-hydrogen) atoms. The van der Waals surface area contributed by atoms with Gasteiger partial charge in [0, 0.05) is 18.1 Å². The Balaban J connectivity index is 2.11. The molecule has 0 heterocycles. The number of halogens is 1. The van der Waals surface area contributed by atoms with E-state index < -0.39 is 0 Å². The summed E-state index contributed by atoms with van der Waals surface area (Å²) in [5, 5.41) is 10.3. The molecule has 1 N–H and O–H groups in total. The summed E-state index contributed by atoms with van der Waals surface area (Å²) in [6.07, 6.45) is 4.26. The highest BCUT2D eigenvalue weighted by Gasteiger charge is 2.31. The van der Waals surface area contributed by atoms with Crippen LogP contribution < -0.4 is 0 Å². The van der Waals surface area contributed by atoms with Crippen LogP contribution in [0.5, 0.6) is 5.75 Å². The summed E-state index contributed by atoms with van der Waals surface area (Å²) in [5.74, 6) is -0.169. The SMILES string of the molecule is CN(C(=O)c1cc(Cl)ccc1O)C1CCC(C)(C)CC1. The smallest absolute Gasteiger partial charge is 0.257 e. The van der Waals surface area contributed by atoms with E-state index in [9.17, 15) is 9.90 Å². The van der Waals surface area contributed by atoms with Crippen LogP contribution in [-0.4, -0.2) is 29.0 Å². The third kappa shape index (κ3) is 3.26. The van der Waals surface area contributed by atoms with Crippen LogP contribution in [0.3, 0.4) is 0 Å². The standard InChI is InChI=1S/C16H22ClNO2/c1-16(2)8-6-12(7-9-16)18(3)15(20)13-10-11(17)4-5-14(13)19/h4-5,10,12,19H,6-9H2,1-3H3. The summed E-state index contributed by atoms with van der Waals surface area (Å²) >= 11 is 5.91. The average Bonchev–Trinajstić information content (AvgIpc) is 2.40. The van der Waals surface area contributed by atoms with Gasteiger partial charge < -0.3 is 10.0 Å². The Morgan fingerprint density at radius 1 is 1.35 bits per heavy atom. The summed E-state index contributed by atoms with van der Waals surface area (Å²) in [7, 11) is 1.81.